The summed E-state index contributed by atoms with van der Waals surface area (Å²) in [7, 11) is 0. The van der Waals surface area contributed by atoms with Gasteiger partial charge in [0, 0.05) is 17.6 Å². The molecule has 0 spiro atoms. The Labute approximate surface area is 113 Å². The second-order valence-electron chi connectivity index (χ2n) is 4.89. The van der Waals surface area contributed by atoms with Gasteiger partial charge in [-0.3, -0.25) is 4.79 Å². The summed E-state index contributed by atoms with van der Waals surface area (Å²) >= 11 is 0. The third-order valence-electron chi connectivity index (χ3n) is 3.66. The van der Waals surface area contributed by atoms with Crippen LogP contribution in [0.2, 0.25) is 0 Å². The van der Waals surface area contributed by atoms with E-state index in [4.69, 9.17) is 5.73 Å². The summed E-state index contributed by atoms with van der Waals surface area (Å²) in [4.78, 5) is 11.2. The lowest BCUT2D eigenvalue weighted by Gasteiger charge is -2.21. The molecule has 2 bridgehead atoms. The van der Waals surface area contributed by atoms with Crippen molar-refractivity contribution in [1.29, 1.82) is 0 Å². The molecule has 1 fully saturated rings. The molecule has 2 atom stereocenters. The third-order valence-corrected chi connectivity index (χ3v) is 3.66. The molecule has 4 heteroatoms. The average Bonchev–Trinajstić information content (AvgIpc) is 2.68. The Hall–Kier alpha value is -1.32. The highest BCUT2D eigenvalue weighted by Gasteiger charge is 2.28. The summed E-state index contributed by atoms with van der Waals surface area (Å²) in [5.41, 5.74) is 8.39. The first kappa shape index (κ1) is 13.1. The van der Waals surface area contributed by atoms with Gasteiger partial charge in [-0.05, 0) is 42.5 Å². The number of benzene rings is 1. The number of carbonyl (C=O) groups excluding carboxylic acids is 1. The molecule has 0 aliphatic carbocycles. The maximum Gasteiger partial charge on any atom is 0.248 e. The molecule has 2 unspecified atom stereocenters. The van der Waals surface area contributed by atoms with Gasteiger partial charge in [0.05, 0.1) is 0 Å². The van der Waals surface area contributed by atoms with Crippen LogP contribution < -0.4 is 11.1 Å². The topological polar surface area (TPSA) is 55.1 Å². The van der Waals surface area contributed by atoms with Crippen molar-refractivity contribution in [3.8, 4) is 0 Å². The fourth-order valence-electron chi connectivity index (χ4n) is 2.81. The largest absolute Gasteiger partial charge is 0.366 e. The van der Waals surface area contributed by atoms with Gasteiger partial charge in [0.1, 0.15) is 0 Å². The predicted octanol–water partition coefficient (Wildman–Crippen LogP) is 2.12. The molecule has 2 heterocycles. The van der Waals surface area contributed by atoms with Crippen LogP contribution in [0, 0.1) is 0 Å². The summed E-state index contributed by atoms with van der Waals surface area (Å²) in [5, 5.41) is 3.56. The Morgan fingerprint density at radius 2 is 2.17 bits per heavy atom. The Balaban J connectivity index is 0.00000120. The van der Waals surface area contributed by atoms with E-state index in [1.54, 1.807) is 6.07 Å². The quantitative estimate of drug-likeness (QED) is 0.860. The van der Waals surface area contributed by atoms with Crippen LogP contribution in [0.4, 0.5) is 0 Å². The van der Waals surface area contributed by atoms with Gasteiger partial charge >= 0.3 is 0 Å². The number of nitrogens with one attached hydrogen (secondary N) is 1. The number of nitrogens with two attached hydrogens (primary N) is 1. The number of halogens is 1. The van der Waals surface area contributed by atoms with Crippen LogP contribution in [0.15, 0.2) is 30.3 Å². The van der Waals surface area contributed by atoms with Crippen LogP contribution in [-0.2, 0) is 0 Å². The average molecular weight is 265 g/mol. The van der Waals surface area contributed by atoms with E-state index in [0.717, 1.165) is 12.0 Å². The molecule has 1 aromatic rings. The molecule has 0 radical (unpaired) electrons. The van der Waals surface area contributed by atoms with Gasteiger partial charge in [0.25, 0.3) is 0 Å². The van der Waals surface area contributed by atoms with E-state index in [0.29, 0.717) is 17.6 Å². The van der Waals surface area contributed by atoms with Gasteiger partial charge < -0.3 is 11.1 Å². The molecule has 2 aliphatic rings. The smallest absolute Gasteiger partial charge is 0.248 e. The number of carbonyl (C=O) groups is 1. The molecule has 18 heavy (non-hydrogen) atoms. The van der Waals surface area contributed by atoms with Crippen LogP contribution in [0.5, 0.6) is 0 Å². The Morgan fingerprint density at radius 1 is 1.33 bits per heavy atom. The number of hydrogen-bond acceptors (Lipinski definition) is 2. The minimum Gasteiger partial charge on any atom is -0.366 e. The highest BCUT2D eigenvalue weighted by Crippen LogP contribution is 2.31. The number of hydrogen-bond donors (Lipinski definition) is 2. The molecule has 3 rings (SSSR count). The van der Waals surface area contributed by atoms with Gasteiger partial charge in [-0.2, -0.15) is 0 Å². The van der Waals surface area contributed by atoms with E-state index < -0.39 is 0 Å². The minimum absolute atomic E-state index is 0. The lowest BCUT2D eigenvalue weighted by atomic mass is 9.95. The SMILES string of the molecule is Cl.NC(=O)c1cccc(C2=CC3CCC(C2)N3)c1. The van der Waals surface area contributed by atoms with E-state index in [1.165, 1.54) is 18.4 Å². The standard InChI is InChI=1S/C14H16N2O.ClH/c15-14(17)10-3-1-2-9(6-10)11-7-12-4-5-13(8-11)16-12;/h1-3,6-7,12-13,16H,4-5,8H2,(H2,15,17);1H. The van der Waals surface area contributed by atoms with Crippen LogP contribution in [0.3, 0.4) is 0 Å². The van der Waals surface area contributed by atoms with E-state index in [1.807, 2.05) is 12.1 Å². The van der Waals surface area contributed by atoms with Crippen LogP contribution in [0.25, 0.3) is 5.57 Å². The number of primary amides is 1. The molecule has 96 valence electrons. The van der Waals surface area contributed by atoms with Crippen molar-refractivity contribution in [2.75, 3.05) is 0 Å². The molecule has 3 N–H and O–H groups in total. The summed E-state index contributed by atoms with van der Waals surface area (Å²) < 4.78 is 0. The second-order valence-corrected chi connectivity index (χ2v) is 4.89. The second kappa shape index (κ2) is 5.12. The van der Waals surface area contributed by atoms with Crippen molar-refractivity contribution in [2.45, 2.75) is 31.3 Å². The predicted molar refractivity (Wildman–Crippen MR) is 74.7 cm³/mol. The summed E-state index contributed by atoms with van der Waals surface area (Å²) in [5.74, 6) is -0.357. The lowest BCUT2D eigenvalue weighted by molar-refractivity contribution is 0.100. The van der Waals surface area contributed by atoms with Gasteiger partial charge in [-0.15, -0.1) is 12.4 Å². The summed E-state index contributed by atoms with van der Waals surface area (Å²) in [6.07, 6.45) is 5.83. The molecule has 0 saturated carbocycles. The van der Waals surface area contributed by atoms with Crippen LogP contribution in [0.1, 0.15) is 35.2 Å². The number of amides is 1. The van der Waals surface area contributed by atoms with Crippen molar-refractivity contribution >= 4 is 23.9 Å². The minimum atomic E-state index is -0.357. The highest BCUT2D eigenvalue weighted by atomic mass is 35.5. The molecule has 3 nitrogen and oxygen atoms in total. The monoisotopic (exact) mass is 264 g/mol. The van der Waals surface area contributed by atoms with Gasteiger partial charge in [-0.25, -0.2) is 0 Å². The van der Waals surface area contributed by atoms with E-state index in [9.17, 15) is 4.79 Å². The summed E-state index contributed by atoms with van der Waals surface area (Å²) in [6.45, 7) is 0. The first-order valence-electron chi connectivity index (χ1n) is 6.09. The molecule has 1 amide bonds. The van der Waals surface area contributed by atoms with Crippen molar-refractivity contribution in [2.24, 2.45) is 5.73 Å². The van der Waals surface area contributed by atoms with Crippen molar-refractivity contribution in [1.82, 2.24) is 5.32 Å². The van der Waals surface area contributed by atoms with E-state index in [-0.39, 0.29) is 18.3 Å². The number of rotatable bonds is 2. The Bertz CT molecular complexity index is 498. The van der Waals surface area contributed by atoms with Crippen LogP contribution >= 0.6 is 12.4 Å². The Kier molecular flexibility index (Phi) is 3.73. The molecule has 0 aromatic heterocycles. The Morgan fingerprint density at radius 3 is 2.89 bits per heavy atom. The maximum atomic E-state index is 11.2. The van der Waals surface area contributed by atoms with Crippen molar-refractivity contribution in [3.63, 3.8) is 0 Å². The van der Waals surface area contributed by atoms with Crippen molar-refractivity contribution < 1.29 is 4.79 Å². The lowest BCUT2D eigenvalue weighted by Crippen LogP contribution is -2.31. The van der Waals surface area contributed by atoms with Gasteiger partial charge in [0.15, 0.2) is 0 Å². The molecular weight excluding hydrogens is 248 g/mol. The third kappa shape index (κ3) is 2.42. The van der Waals surface area contributed by atoms with Gasteiger partial charge in [-0.1, -0.05) is 18.2 Å². The zero-order chi connectivity index (χ0) is 11.8. The first-order chi connectivity index (χ1) is 8.22. The highest BCUT2D eigenvalue weighted by molar-refractivity contribution is 5.93. The van der Waals surface area contributed by atoms with E-state index in [2.05, 4.69) is 17.5 Å². The fraction of sp³-hybridized carbons (Fsp3) is 0.357. The zero-order valence-electron chi connectivity index (χ0n) is 10.1. The first-order valence-corrected chi connectivity index (χ1v) is 6.09. The molecular formula is C14H17ClN2O. The maximum absolute atomic E-state index is 11.2. The van der Waals surface area contributed by atoms with Crippen LogP contribution in [-0.4, -0.2) is 18.0 Å². The zero-order valence-corrected chi connectivity index (χ0v) is 10.9. The summed E-state index contributed by atoms with van der Waals surface area (Å²) in [6, 6.07) is 8.75. The molecule has 1 aromatic carbocycles. The molecule has 2 aliphatic heterocycles. The number of fused-ring (bicyclic) bond motifs is 2. The van der Waals surface area contributed by atoms with Gasteiger partial charge in [0.2, 0.25) is 5.91 Å². The van der Waals surface area contributed by atoms with Crippen molar-refractivity contribution in [3.05, 3.63) is 41.5 Å². The molecule has 1 saturated heterocycles. The fourth-order valence-corrected chi connectivity index (χ4v) is 2.81. The van der Waals surface area contributed by atoms with E-state index >= 15 is 0 Å². The normalized spacial score (nSPS) is 25.2.